The second-order valence-electron chi connectivity index (χ2n) is 6.52. The number of unbranched alkanes of at least 4 members (excludes halogenated alkanes) is 2. The van der Waals surface area contributed by atoms with Crippen molar-refractivity contribution in [2.24, 2.45) is 0 Å². The summed E-state index contributed by atoms with van der Waals surface area (Å²) in [6.45, 7) is 4.52. The highest BCUT2D eigenvalue weighted by Gasteiger charge is 2.15. The fraction of sp³-hybridized carbons (Fsp3) is 0.304. The lowest BCUT2D eigenvalue weighted by Gasteiger charge is -2.11. The largest absolute Gasteiger partial charge is 0.494 e. The highest BCUT2D eigenvalue weighted by atomic mass is 19.2. The SMILES string of the molecule is CCCCCc1ccc(-c2cc3ccc(OCC)cc3c(F)c2F)cc1. The first kappa shape index (κ1) is 18.4. The van der Waals surface area contributed by atoms with Gasteiger partial charge in [-0.25, -0.2) is 8.78 Å². The molecule has 0 heterocycles. The van der Waals surface area contributed by atoms with Crippen molar-refractivity contribution in [2.75, 3.05) is 6.61 Å². The summed E-state index contributed by atoms with van der Waals surface area (Å²) in [5.41, 5.74) is 2.21. The Bertz CT molecular complexity index is 885. The maximum absolute atomic E-state index is 14.7. The molecule has 26 heavy (non-hydrogen) atoms. The monoisotopic (exact) mass is 354 g/mol. The third-order valence-electron chi connectivity index (χ3n) is 4.64. The van der Waals surface area contributed by atoms with E-state index in [1.165, 1.54) is 18.4 Å². The first-order valence-electron chi connectivity index (χ1n) is 9.28. The predicted octanol–water partition coefficient (Wildman–Crippen LogP) is 6.92. The van der Waals surface area contributed by atoms with Crippen LogP contribution in [0.5, 0.6) is 5.75 Å². The van der Waals surface area contributed by atoms with Crippen LogP contribution in [0.1, 0.15) is 38.7 Å². The van der Waals surface area contributed by atoms with Gasteiger partial charge in [0.05, 0.1) is 6.61 Å². The van der Waals surface area contributed by atoms with Crippen LogP contribution in [0.2, 0.25) is 0 Å². The number of ether oxygens (including phenoxy) is 1. The molecular weight excluding hydrogens is 330 g/mol. The van der Waals surface area contributed by atoms with Crippen LogP contribution >= 0.6 is 0 Å². The third-order valence-corrected chi connectivity index (χ3v) is 4.64. The van der Waals surface area contributed by atoms with Crippen LogP contribution in [0.4, 0.5) is 8.78 Å². The summed E-state index contributed by atoms with van der Waals surface area (Å²) in [5, 5.41) is 0.905. The van der Waals surface area contributed by atoms with E-state index >= 15 is 0 Å². The van der Waals surface area contributed by atoms with Crippen molar-refractivity contribution in [3.63, 3.8) is 0 Å². The summed E-state index contributed by atoms with van der Waals surface area (Å²) < 4.78 is 34.7. The van der Waals surface area contributed by atoms with E-state index < -0.39 is 11.6 Å². The summed E-state index contributed by atoms with van der Waals surface area (Å²) in [6.07, 6.45) is 4.56. The normalized spacial score (nSPS) is 11.1. The van der Waals surface area contributed by atoms with Gasteiger partial charge in [0.2, 0.25) is 0 Å². The van der Waals surface area contributed by atoms with Gasteiger partial charge >= 0.3 is 0 Å². The molecule has 0 radical (unpaired) electrons. The van der Waals surface area contributed by atoms with E-state index in [-0.39, 0.29) is 5.39 Å². The third kappa shape index (κ3) is 3.87. The van der Waals surface area contributed by atoms with Gasteiger partial charge in [0.1, 0.15) is 5.75 Å². The summed E-state index contributed by atoms with van der Waals surface area (Å²) in [7, 11) is 0. The lowest BCUT2D eigenvalue weighted by atomic mass is 9.98. The van der Waals surface area contributed by atoms with Crippen molar-refractivity contribution in [3.05, 3.63) is 65.7 Å². The maximum Gasteiger partial charge on any atom is 0.167 e. The molecule has 0 atom stereocenters. The van der Waals surface area contributed by atoms with Crippen LogP contribution in [-0.2, 0) is 6.42 Å². The molecule has 3 heteroatoms. The Hall–Kier alpha value is -2.42. The average Bonchev–Trinajstić information content (AvgIpc) is 2.66. The summed E-state index contributed by atoms with van der Waals surface area (Å²) in [5.74, 6) is -1.10. The van der Waals surface area contributed by atoms with E-state index in [1.54, 1.807) is 24.3 Å². The van der Waals surface area contributed by atoms with Crippen LogP contribution in [0, 0.1) is 11.6 Å². The fourth-order valence-corrected chi connectivity index (χ4v) is 3.20. The molecule has 0 amide bonds. The van der Waals surface area contributed by atoms with Crippen LogP contribution in [0.15, 0.2) is 48.5 Å². The van der Waals surface area contributed by atoms with Gasteiger partial charge in [0.15, 0.2) is 11.6 Å². The van der Waals surface area contributed by atoms with Crippen LogP contribution in [0.3, 0.4) is 0 Å². The minimum atomic E-state index is -0.828. The zero-order chi connectivity index (χ0) is 18.5. The highest BCUT2D eigenvalue weighted by Crippen LogP contribution is 2.32. The maximum atomic E-state index is 14.7. The van der Waals surface area contributed by atoms with Crippen LogP contribution in [-0.4, -0.2) is 6.61 Å². The van der Waals surface area contributed by atoms with E-state index in [9.17, 15) is 8.78 Å². The zero-order valence-corrected chi connectivity index (χ0v) is 15.3. The lowest BCUT2D eigenvalue weighted by Crippen LogP contribution is -1.95. The number of hydrogen-bond acceptors (Lipinski definition) is 1. The molecule has 1 nitrogen and oxygen atoms in total. The molecule has 0 saturated carbocycles. The molecule has 3 aromatic rings. The van der Waals surface area contributed by atoms with Crippen molar-refractivity contribution in [3.8, 4) is 16.9 Å². The van der Waals surface area contributed by atoms with Crippen molar-refractivity contribution in [1.29, 1.82) is 0 Å². The predicted molar refractivity (Wildman–Crippen MR) is 104 cm³/mol. The van der Waals surface area contributed by atoms with Gasteiger partial charge in [-0.1, -0.05) is 50.1 Å². The average molecular weight is 354 g/mol. The molecular formula is C23H24F2O. The van der Waals surface area contributed by atoms with E-state index in [2.05, 4.69) is 6.92 Å². The molecule has 0 spiro atoms. The van der Waals surface area contributed by atoms with Gasteiger partial charge in [-0.3, -0.25) is 0 Å². The number of halogens is 2. The number of hydrogen-bond donors (Lipinski definition) is 0. The van der Waals surface area contributed by atoms with Crippen molar-refractivity contribution >= 4 is 10.8 Å². The first-order valence-corrected chi connectivity index (χ1v) is 9.28. The number of rotatable bonds is 7. The molecule has 0 bridgehead atoms. The van der Waals surface area contributed by atoms with Gasteiger partial charge in [0, 0.05) is 10.9 Å². The lowest BCUT2D eigenvalue weighted by molar-refractivity contribution is 0.340. The Balaban J connectivity index is 1.94. The van der Waals surface area contributed by atoms with Crippen molar-refractivity contribution in [1.82, 2.24) is 0 Å². The number of aryl methyl sites for hydroxylation is 1. The Morgan fingerprint density at radius 2 is 1.62 bits per heavy atom. The summed E-state index contributed by atoms with van der Waals surface area (Å²) >= 11 is 0. The topological polar surface area (TPSA) is 9.23 Å². The summed E-state index contributed by atoms with van der Waals surface area (Å²) in [6, 6.07) is 14.6. The van der Waals surface area contributed by atoms with Gasteiger partial charge < -0.3 is 4.74 Å². The minimum Gasteiger partial charge on any atom is -0.494 e. The second kappa shape index (κ2) is 8.31. The molecule has 0 N–H and O–H groups in total. The Morgan fingerprint density at radius 1 is 0.846 bits per heavy atom. The summed E-state index contributed by atoms with van der Waals surface area (Å²) in [4.78, 5) is 0. The Morgan fingerprint density at radius 3 is 2.31 bits per heavy atom. The van der Waals surface area contributed by atoms with E-state index in [0.29, 0.717) is 28.9 Å². The zero-order valence-electron chi connectivity index (χ0n) is 15.3. The Kier molecular flexibility index (Phi) is 5.87. The molecule has 0 aliphatic heterocycles. The molecule has 0 fully saturated rings. The highest BCUT2D eigenvalue weighted by molar-refractivity contribution is 5.89. The van der Waals surface area contributed by atoms with Crippen molar-refractivity contribution in [2.45, 2.75) is 39.5 Å². The molecule has 0 aliphatic carbocycles. The van der Waals surface area contributed by atoms with E-state index in [0.717, 1.165) is 12.8 Å². The minimum absolute atomic E-state index is 0.244. The van der Waals surface area contributed by atoms with Gasteiger partial charge in [-0.2, -0.15) is 0 Å². The Labute approximate surface area is 153 Å². The van der Waals surface area contributed by atoms with E-state index in [1.807, 2.05) is 31.2 Å². The molecule has 3 rings (SSSR count). The van der Waals surface area contributed by atoms with Gasteiger partial charge in [-0.15, -0.1) is 0 Å². The van der Waals surface area contributed by atoms with Crippen LogP contribution in [0.25, 0.3) is 21.9 Å². The molecule has 0 aromatic heterocycles. The standard InChI is InChI=1S/C23H24F2O/c1-3-5-6-7-16-8-10-17(11-9-16)20-14-18-12-13-19(26-4-2)15-21(18)23(25)22(20)24/h8-15H,3-7H2,1-2H3. The molecule has 136 valence electrons. The first-order chi connectivity index (χ1) is 12.6. The fourth-order valence-electron chi connectivity index (χ4n) is 3.20. The number of fused-ring (bicyclic) bond motifs is 1. The quantitative estimate of drug-likeness (QED) is 0.419. The smallest absolute Gasteiger partial charge is 0.167 e. The van der Waals surface area contributed by atoms with Gasteiger partial charge in [-0.05, 0) is 54.5 Å². The second-order valence-corrected chi connectivity index (χ2v) is 6.52. The molecule has 3 aromatic carbocycles. The number of benzene rings is 3. The van der Waals surface area contributed by atoms with Crippen LogP contribution < -0.4 is 4.74 Å². The van der Waals surface area contributed by atoms with Gasteiger partial charge in [0.25, 0.3) is 0 Å². The van der Waals surface area contributed by atoms with E-state index in [4.69, 9.17) is 4.74 Å². The molecule has 0 saturated heterocycles. The molecule has 0 aliphatic rings. The molecule has 0 unspecified atom stereocenters. The van der Waals surface area contributed by atoms with Crippen molar-refractivity contribution < 1.29 is 13.5 Å².